The Balaban J connectivity index is 2.10. The van der Waals surface area contributed by atoms with Crippen LogP contribution in [-0.4, -0.2) is 76.4 Å². The van der Waals surface area contributed by atoms with Gasteiger partial charge in [0.05, 0.1) is 0 Å². The van der Waals surface area contributed by atoms with Crippen LogP contribution in [0.25, 0.3) is 0 Å². The van der Waals surface area contributed by atoms with Crippen LogP contribution in [0.4, 0.5) is 5.13 Å². The number of nitrogens with zero attached hydrogens (tertiary/aromatic N) is 2. The van der Waals surface area contributed by atoms with Crippen molar-refractivity contribution in [3.63, 3.8) is 0 Å². The molecule has 2 rings (SSSR count). The zero-order valence-electron chi connectivity index (χ0n) is 24.3. The van der Waals surface area contributed by atoms with Crippen molar-refractivity contribution in [1.82, 2.24) is 10.2 Å². The van der Waals surface area contributed by atoms with Crippen molar-refractivity contribution in [2.24, 2.45) is 0 Å². The second-order valence-corrected chi connectivity index (χ2v) is 11.9. The van der Waals surface area contributed by atoms with Crippen molar-refractivity contribution in [2.75, 3.05) is 11.9 Å². The van der Waals surface area contributed by atoms with Gasteiger partial charge in [-0.3, -0.25) is 24.0 Å². The van der Waals surface area contributed by atoms with E-state index in [0.717, 1.165) is 81.9 Å². The number of anilines is 1. The minimum atomic E-state index is -1.28. The Bertz CT molecular complexity index is 1080. The number of nitrogens with one attached hydrogen (secondary N) is 1. The third-order valence-corrected chi connectivity index (χ3v) is 7.95. The molecular weight excluding hydrogens is 590 g/mol. The van der Waals surface area contributed by atoms with Crippen molar-refractivity contribution in [3.05, 3.63) is 12.7 Å². The highest BCUT2D eigenvalue weighted by Gasteiger charge is 2.52. The van der Waals surface area contributed by atoms with Gasteiger partial charge in [0.15, 0.2) is 28.1 Å². The highest BCUT2D eigenvalue weighted by Crippen LogP contribution is 2.39. The summed E-state index contributed by atoms with van der Waals surface area (Å²) in [6.45, 7) is 8.05. The summed E-state index contributed by atoms with van der Waals surface area (Å²) in [5, 5.41) is 11.1. The van der Waals surface area contributed by atoms with Crippen LogP contribution in [0.1, 0.15) is 79.1 Å². The summed E-state index contributed by atoms with van der Waals surface area (Å²) in [7, 11) is 0. The van der Waals surface area contributed by atoms with Gasteiger partial charge in [0, 0.05) is 34.1 Å². The summed E-state index contributed by atoms with van der Waals surface area (Å²) in [6.07, 6.45) is 4.69. The van der Waals surface area contributed by atoms with Crippen LogP contribution in [-0.2, 0) is 47.7 Å². The van der Waals surface area contributed by atoms with Gasteiger partial charge >= 0.3 is 23.9 Å². The van der Waals surface area contributed by atoms with Crippen molar-refractivity contribution in [3.8, 4) is 0 Å². The standard InChI is InChI=1S/C27H39N3O10S2/c1-6-7-8-9-10-11-12-13-14-21(35)28-26-29-30-27(42-26)41-25-24(39-19(5)34)23(38-18(4)33)22(37-17(3)32)20(40-25)15-36-16(2)31/h6,20,22-25H,1,7-15H2,2-5H3,(H,28,29,35)/t20-,22+,23+,24-,25+/m1/s1. The highest BCUT2D eigenvalue weighted by molar-refractivity contribution is 8.01. The molecule has 0 spiro atoms. The number of ether oxygens (including phenoxy) is 5. The molecule has 42 heavy (non-hydrogen) atoms. The van der Waals surface area contributed by atoms with E-state index in [4.69, 9.17) is 23.7 Å². The number of carbonyl (C=O) groups excluding carboxylic acids is 5. The molecule has 0 saturated carbocycles. The van der Waals surface area contributed by atoms with Gasteiger partial charge in [-0.15, -0.1) is 16.8 Å². The summed E-state index contributed by atoms with van der Waals surface area (Å²) in [5.74, 6) is -2.92. The third-order valence-electron chi connectivity index (χ3n) is 5.88. The summed E-state index contributed by atoms with van der Waals surface area (Å²) in [4.78, 5) is 59.7. The Morgan fingerprint density at radius 3 is 2.07 bits per heavy atom. The SMILES string of the molecule is C=CCCCCCCCCC(=O)Nc1nnc(S[C@@H]2O[C@H](COC(C)=O)[C@H](OC(C)=O)[C@H](OC(C)=O)[C@H]2OC(C)=O)s1. The van der Waals surface area contributed by atoms with Gasteiger partial charge in [0.1, 0.15) is 12.7 Å². The monoisotopic (exact) mass is 629 g/mol. The number of hydrogen-bond donors (Lipinski definition) is 1. The normalized spacial score (nSPS) is 21.6. The Morgan fingerprint density at radius 1 is 0.857 bits per heavy atom. The fourth-order valence-corrected chi connectivity index (χ4v) is 6.19. The largest absolute Gasteiger partial charge is 0.463 e. The fourth-order valence-electron chi connectivity index (χ4n) is 4.15. The number of thioether (sulfide) groups is 1. The third kappa shape index (κ3) is 12.9. The van der Waals surface area contributed by atoms with E-state index in [-0.39, 0.29) is 17.6 Å². The zero-order chi connectivity index (χ0) is 31.1. The Kier molecular flexibility index (Phi) is 15.5. The summed E-state index contributed by atoms with van der Waals surface area (Å²) < 4.78 is 27.8. The second-order valence-electron chi connectivity index (χ2n) is 9.56. The van der Waals surface area contributed by atoms with Crippen LogP contribution < -0.4 is 5.32 Å². The Hall–Kier alpha value is -3.04. The Morgan fingerprint density at radius 2 is 1.45 bits per heavy atom. The van der Waals surface area contributed by atoms with Crippen LogP contribution in [0.15, 0.2) is 17.0 Å². The van der Waals surface area contributed by atoms with Crippen LogP contribution in [0.5, 0.6) is 0 Å². The van der Waals surface area contributed by atoms with Crippen LogP contribution in [0, 0.1) is 0 Å². The molecular formula is C27H39N3O10S2. The number of aromatic nitrogens is 2. The molecule has 0 unspecified atom stereocenters. The molecule has 1 aromatic heterocycles. The second kappa shape index (κ2) is 18.5. The number of rotatable bonds is 17. The first-order valence-corrected chi connectivity index (χ1v) is 15.4. The quantitative estimate of drug-likeness (QED) is 0.0865. The minimum Gasteiger partial charge on any atom is -0.463 e. The lowest BCUT2D eigenvalue weighted by molar-refractivity contribution is -0.237. The van der Waals surface area contributed by atoms with E-state index in [1.807, 2.05) is 6.08 Å². The maximum Gasteiger partial charge on any atom is 0.303 e. The molecule has 1 aliphatic rings. The molecule has 1 saturated heterocycles. The van der Waals surface area contributed by atoms with Crippen LogP contribution in [0.3, 0.4) is 0 Å². The molecule has 1 amide bonds. The smallest absolute Gasteiger partial charge is 0.303 e. The van der Waals surface area contributed by atoms with Gasteiger partial charge in [-0.1, -0.05) is 54.9 Å². The van der Waals surface area contributed by atoms with Gasteiger partial charge in [-0.25, -0.2) is 0 Å². The van der Waals surface area contributed by atoms with E-state index in [2.05, 4.69) is 22.1 Å². The molecule has 15 heteroatoms. The van der Waals surface area contributed by atoms with Gasteiger partial charge in [-0.2, -0.15) is 0 Å². The first kappa shape index (κ1) is 35.2. The maximum atomic E-state index is 12.4. The average Bonchev–Trinajstić information content (AvgIpc) is 3.33. The predicted octanol–water partition coefficient (Wildman–Crippen LogP) is 3.96. The van der Waals surface area contributed by atoms with E-state index >= 15 is 0 Å². The molecule has 1 aliphatic heterocycles. The fraction of sp³-hybridized carbons (Fsp3) is 0.667. The highest BCUT2D eigenvalue weighted by atomic mass is 32.2. The molecule has 0 aromatic carbocycles. The van der Waals surface area contributed by atoms with Gasteiger partial charge in [0.25, 0.3) is 0 Å². The molecule has 1 aromatic rings. The van der Waals surface area contributed by atoms with E-state index in [1.165, 1.54) is 13.8 Å². The van der Waals surface area contributed by atoms with Crippen molar-refractivity contribution in [1.29, 1.82) is 0 Å². The van der Waals surface area contributed by atoms with E-state index in [9.17, 15) is 24.0 Å². The first-order valence-electron chi connectivity index (χ1n) is 13.7. The number of allylic oxidation sites excluding steroid dienone is 1. The van der Waals surface area contributed by atoms with Crippen molar-refractivity contribution >= 4 is 58.0 Å². The number of esters is 4. The van der Waals surface area contributed by atoms with Crippen molar-refractivity contribution < 1.29 is 47.7 Å². The lowest BCUT2D eigenvalue weighted by Gasteiger charge is -2.43. The van der Waals surface area contributed by atoms with Gasteiger partial charge in [-0.05, 0) is 19.3 Å². The minimum absolute atomic E-state index is 0.179. The van der Waals surface area contributed by atoms with E-state index < -0.39 is 53.7 Å². The Labute approximate surface area is 253 Å². The van der Waals surface area contributed by atoms with Crippen LogP contribution in [0.2, 0.25) is 0 Å². The summed E-state index contributed by atoms with van der Waals surface area (Å²) >= 11 is 2.08. The van der Waals surface area contributed by atoms with E-state index in [1.54, 1.807) is 0 Å². The van der Waals surface area contributed by atoms with Crippen LogP contribution >= 0.6 is 23.1 Å². The summed E-state index contributed by atoms with van der Waals surface area (Å²) in [6, 6.07) is 0. The first-order chi connectivity index (χ1) is 20.0. The average molecular weight is 630 g/mol. The number of amides is 1. The molecule has 2 heterocycles. The van der Waals surface area contributed by atoms with Gasteiger partial charge in [0.2, 0.25) is 11.0 Å². The molecule has 0 bridgehead atoms. The lowest BCUT2D eigenvalue weighted by Crippen LogP contribution is -2.61. The molecule has 1 N–H and O–H groups in total. The molecule has 1 fully saturated rings. The van der Waals surface area contributed by atoms with E-state index in [0.29, 0.717) is 10.8 Å². The topological polar surface area (TPSA) is 169 Å². The molecule has 13 nitrogen and oxygen atoms in total. The van der Waals surface area contributed by atoms with Crippen molar-refractivity contribution in [2.45, 2.75) is 113 Å². The number of carbonyl (C=O) groups is 5. The predicted molar refractivity (Wildman–Crippen MR) is 153 cm³/mol. The molecule has 0 radical (unpaired) electrons. The number of unbranched alkanes of at least 4 members (excludes halogenated alkanes) is 6. The molecule has 5 atom stereocenters. The maximum absolute atomic E-state index is 12.4. The molecule has 234 valence electrons. The molecule has 0 aliphatic carbocycles. The lowest BCUT2D eigenvalue weighted by atomic mass is 9.99. The zero-order valence-corrected chi connectivity index (χ0v) is 26.0. The van der Waals surface area contributed by atoms with Gasteiger partial charge < -0.3 is 29.0 Å². The number of hydrogen-bond acceptors (Lipinski definition) is 14. The summed E-state index contributed by atoms with van der Waals surface area (Å²) in [5.41, 5.74) is -1.03.